The number of hydrogen-bond acceptors (Lipinski definition) is 4. The van der Waals surface area contributed by atoms with Crippen LogP contribution in [0.25, 0.3) is 50.6 Å². The molecule has 4 heteroatoms. The lowest BCUT2D eigenvalue weighted by Crippen LogP contribution is -2.35. The Balaban J connectivity index is 1.09. The summed E-state index contributed by atoms with van der Waals surface area (Å²) in [6, 6.07) is 53.1. The largest absolute Gasteiger partial charge is 0.461 e. The Hall–Kier alpha value is -6.39. The molecule has 2 aromatic heterocycles. The summed E-state index contributed by atoms with van der Waals surface area (Å²) in [6.45, 7) is 0. The van der Waals surface area contributed by atoms with E-state index in [1.807, 2.05) is 42.6 Å². The maximum absolute atomic E-state index is 6.71. The molecule has 7 aromatic rings. The van der Waals surface area contributed by atoms with E-state index in [1.54, 1.807) is 0 Å². The van der Waals surface area contributed by atoms with Crippen LogP contribution in [0, 0.1) is 0 Å². The van der Waals surface area contributed by atoms with Crippen molar-refractivity contribution in [2.24, 2.45) is 0 Å². The van der Waals surface area contributed by atoms with E-state index in [9.17, 15) is 0 Å². The number of hydrogen-bond donors (Lipinski definition) is 0. The monoisotopic (exact) mass is 641 g/mol. The van der Waals surface area contributed by atoms with E-state index >= 15 is 0 Å². The minimum atomic E-state index is -0.467. The number of para-hydroxylation sites is 1. The molecule has 236 valence electrons. The van der Waals surface area contributed by atoms with Gasteiger partial charge in [-0.1, -0.05) is 127 Å². The van der Waals surface area contributed by atoms with Gasteiger partial charge in [0.25, 0.3) is 0 Å². The Morgan fingerprint density at radius 2 is 1.10 bits per heavy atom. The van der Waals surface area contributed by atoms with Crippen molar-refractivity contribution in [3.63, 3.8) is 0 Å². The number of pyridine rings is 1. The number of allylic oxidation sites excluding steroid dienone is 4. The van der Waals surface area contributed by atoms with E-state index < -0.39 is 5.41 Å². The zero-order valence-corrected chi connectivity index (χ0v) is 27.3. The molecule has 0 atom stereocenters. The maximum atomic E-state index is 6.71. The molecule has 3 heterocycles. The van der Waals surface area contributed by atoms with Gasteiger partial charge in [0.2, 0.25) is 0 Å². The predicted molar refractivity (Wildman–Crippen MR) is 199 cm³/mol. The van der Waals surface area contributed by atoms with Gasteiger partial charge in [-0.05, 0) is 64.6 Å². The van der Waals surface area contributed by atoms with Crippen LogP contribution in [0.4, 0.5) is 0 Å². The third-order valence-corrected chi connectivity index (χ3v) is 10.3. The van der Waals surface area contributed by atoms with Crippen molar-refractivity contribution in [1.82, 2.24) is 15.0 Å². The number of aromatic nitrogens is 3. The summed E-state index contributed by atoms with van der Waals surface area (Å²) >= 11 is 0. The molecule has 3 aliphatic rings. The second-order valence-electron chi connectivity index (χ2n) is 13.1. The van der Waals surface area contributed by atoms with Crippen LogP contribution >= 0.6 is 0 Å². The van der Waals surface area contributed by atoms with Gasteiger partial charge in [-0.25, -0.2) is 9.97 Å². The predicted octanol–water partition coefficient (Wildman–Crippen LogP) is 10.7. The molecule has 0 unspecified atom stereocenters. The fraction of sp³-hybridized carbons (Fsp3) is 0.0652. The number of ether oxygens (including phenoxy) is 1. The summed E-state index contributed by atoms with van der Waals surface area (Å²) in [4.78, 5) is 15.0. The van der Waals surface area contributed by atoms with Crippen LogP contribution in [0.1, 0.15) is 35.2 Å². The average Bonchev–Trinajstić information content (AvgIpc) is 3.49. The lowest BCUT2D eigenvalue weighted by atomic mass is 9.64. The van der Waals surface area contributed by atoms with Gasteiger partial charge in [0.15, 0.2) is 5.82 Å². The van der Waals surface area contributed by atoms with Gasteiger partial charge in [-0.2, -0.15) is 0 Å². The lowest BCUT2D eigenvalue weighted by Gasteiger charge is -2.41. The molecule has 0 N–H and O–H groups in total. The molecule has 4 nitrogen and oxygen atoms in total. The van der Waals surface area contributed by atoms with Crippen molar-refractivity contribution in [1.29, 1.82) is 0 Å². The first kappa shape index (κ1) is 28.6. The molecule has 1 spiro atoms. The van der Waals surface area contributed by atoms with E-state index in [0.29, 0.717) is 5.82 Å². The summed E-state index contributed by atoms with van der Waals surface area (Å²) in [5.74, 6) is 2.67. The molecule has 2 aliphatic carbocycles. The van der Waals surface area contributed by atoms with Crippen LogP contribution < -0.4 is 4.74 Å². The number of nitrogens with zero attached hydrogens (tertiary/aromatic N) is 3. The minimum absolute atomic E-state index is 0.467. The van der Waals surface area contributed by atoms with E-state index in [-0.39, 0.29) is 0 Å². The number of benzene rings is 5. The van der Waals surface area contributed by atoms with Crippen LogP contribution in [0.5, 0.6) is 5.75 Å². The van der Waals surface area contributed by atoms with Crippen LogP contribution in [-0.4, -0.2) is 15.0 Å². The van der Waals surface area contributed by atoms with Gasteiger partial charge in [0, 0.05) is 40.4 Å². The average molecular weight is 642 g/mol. The van der Waals surface area contributed by atoms with Crippen molar-refractivity contribution in [2.45, 2.75) is 18.3 Å². The first-order chi connectivity index (χ1) is 24.8. The third kappa shape index (κ3) is 4.35. The van der Waals surface area contributed by atoms with Crippen molar-refractivity contribution < 1.29 is 4.74 Å². The zero-order valence-electron chi connectivity index (χ0n) is 27.3. The molecular formula is C46H31N3O. The van der Waals surface area contributed by atoms with Gasteiger partial charge < -0.3 is 4.74 Å². The molecule has 5 aromatic carbocycles. The van der Waals surface area contributed by atoms with Crippen LogP contribution in [0.2, 0.25) is 0 Å². The summed E-state index contributed by atoms with van der Waals surface area (Å²) in [7, 11) is 0. The van der Waals surface area contributed by atoms with Crippen molar-refractivity contribution in [2.75, 3.05) is 0 Å². The molecule has 1 aliphatic heterocycles. The maximum Gasteiger partial charge on any atom is 0.160 e. The Kier molecular flexibility index (Phi) is 6.50. The Bertz CT molecular complexity index is 2400. The van der Waals surface area contributed by atoms with Crippen LogP contribution in [0.3, 0.4) is 0 Å². The second kappa shape index (κ2) is 11.4. The Morgan fingerprint density at radius 3 is 1.78 bits per heavy atom. The highest BCUT2D eigenvalue weighted by Crippen LogP contribution is 2.61. The quantitative estimate of drug-likeness (QED) is 0.192. The summed E-state index contributed by atoms with van der Waals surface area (Å²) in [5.41, 5.74) is 14.0. The molecule has 50 heavy (non-hydrogen) atoms. The third-order valence-electron chi connectivity index (χ3n) is 10.3. The van der Waals surface area contributed by atoms with Crippen LogP contribution in [-0.2, 0) is 5.41 Å². The molecular weight excluding hydrogens is 611 g/mol. The zero-order chi connectivity index (χ0) is 33.1. The topological polar surface area (TPSA) is 47.9 Å². The highest BCUT2D eigenvalue weighted by molar-refractivity contribution is 5.89. The summed E-state index contributed by atoms with van der Waals surface area (Å²) < 4.78 is 6.71. The highest BCUT2D eigenvalue weighted by Gasteiger charge is 2.52. The first-order valence-corrected chi connectivity index (χ1v) is 17.1. The van der Waals surface area contributed by atoms with Gasteiger partial charge in [-0.3, -0.25) is 4.98 Å². The van der Waals surface area contributed by atoms with Gasteiger partial charge in [-0.15, -0.1) is 0 Å². The smallest absolute Gasteiger partial charge is 0.160 e. The molecule has 0 radical (unpaired) electrons. The first-order valence-electron chi connectivity index (χ1n) is 17.1. The molecule has 0 saturated heterocycles. The summed E-state index contributed by atoms with van der Waals surface area (Å²) in [5, 5.41) is 0. The van der Waals surface area contributed by atoms with E-state index in [4.69, 9.17) is 19.7 Å². The van der Waals surface area contributed by atoms with Crippen molar-refractivity contribution in [3.05, 3.63) is 198 Å². The Morgan fingerprint density at radius 1 is 0.500 bits per heavy atom. The highest BCUT2D eigenvalue weighted by atomic mass is 16.5. The van der Waals surface area contributed by atoms with Crippen molar-refractivity contribution in [3.8, 4) is 50.8 Å². The van der Waals surface area contributed by atoms with Crippen LogP contribution in [0.15, 0.2) is 175 Å². The van der Waals surface area contributed by atoms with Gasteiger partial charge in [0.05, 0.1) is 22.5 Å². The second-order valence-corrected chi connectivity index (χ2v) is 13.1. The number of fused-ring (bicyclic) bond motifs is 8. The lowest BCUT2D eigenvalue weighted by molar-refractivity contribution is 0.365. The van der Waals surface area contributed by atoms with E-state index in [0.717, 1.165) is 58.1 Å². The van der Waals surface area contributed by atoms with Gasteiger partial charge >= 0.3 is 0 Å². The fourth-order valence-electron chi connectivity index (χ4n) is 8.10. The van der Waals surface area contributed by atoms with E-state index in [2.05, 4.69) is 121 Å². The molecule has 0 amide bonds. The fourth-order valence-corrected chi connectivity index (χ4v) is 8.10. The molecule has 10 rings (SSSR count). The normalized spacial score (nSPS) is 15.0. The molecule has 0 saturated carbocycles. The van der Waals surface area contributed by atoms with Gasteiger partial charge in [0.1, 0.15) is 11.5 Å². The van der Waals surface area contributed by atoms with Crippen molar-refractivity contribution >= 4 is 5.57 Å². The minimum Gasteiger partial charge on any atom is -0.461 e. The summed E-state index contributed by atoms with van der Waals surface area (Å²) in [6.07, 6.45) is 5.96. The standard InChI is InChI=1S/C46H31N3O/c1-3-13-30(14-4-1)41-28-42(49-45(48-41)31-15-5-2-6-16-31)33-23-25-40(47-29-33)32-24-26-44-39(27-32)46(38-21-11-12-22-43(38)50-44)36-19-9-7-17-34(36)35-18-8-10-20-37(35)46/h1-23,25,27-29H,24,26H2. The molecule has 0 bridgehead atoms. The molecule has 0 fully saturated rings. The SMILES string of the molecule is C1=C(c2ccc(-c3cc(-c4ccccc4)nc(-c4ccccc4)n3)cn2)CCC2=C1C1(c3ccccc3O2)c2ccccc2-c2ccccc21. The Labute approximate surface area is 291 Å². The van der Waals surface area contributed by atoms with E-state index in [1.165, 1.54) is 39.0 Å². The number of rotatable bonds is 4.